The minimum Gasteiger partial charge on any atom is -0.486 e. The molecule has 0 bridgehead atoms. The summed E-state index contributed by atoms with van der Waals surface area (Å²) < 4.78 is 11.1. The third kappa shape index (κ3) is 4.41. The van der Waals surface area contributed by atoms with Gasteiger partial charge in [0.25, 0.3) is 0 Å². The van der Waals surface area contributed by atoms with Crippen molar-refractivity contribution in [3.8, 4) is 17.6 Å². The van der Waals surface area contributed by atoms with E-state index in [1.165, 1.54) is 0 Å². The predicted octanol–water partition coefficient (Wildman–Crippen LogP) is 1.69. The van der Waals surface area contributed by atoms with E-state index in [0.717, 1.165) is 17.3 Å². The number of aromatic nitrogens is 2. The normalized spacial score (nSPS) is 13.5. The van der Waals surface area contributed by atoms with Gasteiger partial charge in [-0.1, -0.05) is 17.8 Å². The Bertz CT molecular complexity index is 967. The van der Waals surface area contributed by atoms with Gasteiger partial charge in [-0.25, -0.2) is 4.79 Å². The first-order valence-electron chi connectivity index (χ1n) is 8.30. The molecule has 140 valence electrons. The molecule has 1 amide bonds. The van der Waals surface area contributed by atoms with Crippen molar-refractivity contribution < 1.29 is 14.3 Å². The molecule has 1 aliphatic rings. The van der Waals surface area contributed by atoms with Gasteiger partial charge in [-0.3, -0.25) is 4.79 Å². The lowest BCUT2D eigenvalue weighted by atomic mass is 10.1. The van der Waals surface area contributed by atoms with Crippen molar-refractivity contribution in [1.82, 2.24) is 15.3 Å². The maximum absolute atomic E-state index is 12.3. The molecule has 2 heterocycles. The number of ether oxygens (including phenoxy) is 2. The number of thioether (sulfide) groups is 1. The highest BCUT2D eigenvalue weighted by atomic mass is 32.2. The van der Waals surface area contributed by atoms with Crippen LogP contribution in [0.15, 0.2) is 28.0 Å². The Labute approximate surface area is 159 Å². The van der Waals surface area contributed by atoms with Gasteiger partial charge < -0.3 is 19.8 Å². The zero-order valence-corrected chi connectivity index (χ0v) is 15.7. The van der Waals surface area contributed by atoms with Crippen molar-refractivity contribution in [1.29, 1.82) is 5.26 Å². The van der Waals surface area contributed by atoms with Gasteiger partial charge in [0.05, 0.1) is 11.8 Å². The van der Waals surface area contributed by atoms with E-state index >= 15 is 0 Å². The zero-order chi connectivity index (χ0) is 19.4. The molecule has 1 aromatic carbocycles. The first-order valence-corrected chi connectivity index (χ1v) is 9.29. The predicted molar refractivity (Wildman–Crippen MR) is 99.0 cm³/mol. The van der Waals surface area contributed by atoms with Crippen LogP contribution in [0.1, 0.15) is 29.8 Å². The number of fused-ring (bicyclic) bond motifs is 1. The van der Waals surface area contributed by atoms with Crippen LogP contribution in [0.25, 0.3) is 0 Å². The average Bonchev–Trinajstić information content (AvgIpc) is 2.65. The Morgan fingerprint density at radius 2 is 2.15 bits per heavy atom. The van der Waals surface area contributed by atoms with Crippen LogP contribution in [0.4, 0.5) is 0 Å². The minimum atomic E-state index is -0.543. The Hall–Kier alpha value is -2.99. The number of amides is 1. The number of nitrogens with zero attached hydrogens (tertiary/aromatic N) is 2. The van der Waals surface area contributed by atoms with Gasteiger partial charge in [-0.2, -0.15) is 10.2 Å². The summed E-state index contributed by atoms with van der Waals surface area (Å²) in [6.45, 7) is 4.51. The summed E-state index contributed by atoms with van der Waals surface area (Å²) in [6, 6.07) is 7.31. The SMILES string of the molecule is Cc1[nH]c(=O)nc(SCC(=O)N[C@H](C)c2ccc3c(c2)OCCO3)c1C#N. The number of aromatic amines is 1. The van der Waals surface area contributed by atoms with Gasteiger partial charge in [-0.05, 0) is 31.5 Å². The Kier molecular flexibility index (Phi) is 5.66. The maximum atomic E-state index is 12.3. The molecular weight excluding hydrogens is 368 g/mol. The third-order valence-electron chi connectivity index (χ3n) is 3.98. The molecule has 0 unspecified atom stereocenters. The molecule has 0 saturated carbocycles. The largest absolute Gasteiger partial charge is 0.486 e. The number of nitrogens with one attached hydrogen (secondary N) is 2. The molecule has 0 spiro atoms. The summed E-state index contributed by atoms with van der Waals surface area (Å²) in [5, 5.41) is 12.3. The van der Waals surface area contributed by atoms with Gasteiger partial charge in [-0.15, -0.1) is 0 Å². The first-order chi connectivity index (χ1) is 13.0. The fraction of sp³-hybridized carbons (Fsp3) is 0.333. The highest BCUT2D eigenvalue weighted by Gasteiger charge is 2.17. The summed E-state index contributed by atoms with van der Waals surface area (Å²) in [6.07, 6.45) is 0. The van der Waals surface area contributed by atoms with Crippen LogP contribution >= 0.6 is 11.8 Å². The second kappa shape index (κ2) is 8.14. The Balaban J connectivity index is 1.63. The van der Waals surface area contributed by atoms with Crippen LogP contribution in [-0.2, 0) is 4.79 Å². The fourth-order valence-electron chi connectivity index (χ4n) is 2.63. The van der Waals surface area contributed by atoms with E-state index in [1.807, 2.05) is 31.2 Å². The number of H-pyrrole nitrogens is 1. The molecule has 3 rings (SSSR count). The molecule has 0 saturated heterocycles. The van der Waals surface area contributed by atoms with Gasteiger partial charge >= 0.3 is 5.69 Å². The minimum absolute atomic E-state index is 0.0411. The molecule has 8 nitrogen and oxygen atoms in total. The average molecular weight is 386 g/mol. The summed E-state index contributed by atoms with van der Waals surface area (Å²) in [7, 11) is 0. The number of rotatable bonds is 5. The van der Waals surface area contributed by atoms with Crippen molar-refractivity contribution in [2.75, 3.05) is 19.0 Å². The van der Waals surface area contributed by atoms with Gasteiger partial charge in [0.1, 0.15) is 29.9 Å². The molecule has 1 aromatic heterocycles. The van der Waals surface area contributed by atoms with E-state index in [4.69, 9.17) is 9.47 Å². The van der Waals surface area contributed by atoms with Crippen molar-refractivity contribution in [3.05, 3.63) is 45.5 Å². The number of carbonyl (C=O) groups is 1. The third-order valence-corrected chi connectivity index (χ3v) is 4.96. The lowest BCUT2D eigenvalue weighted by molar-refractivity contribution is -0.119. The maximum Gasteiger partial charge on any atom is 0.346 e. The summed E-state index contributed by atoms with van der Waals surface area (Å²) in [4.78, 5) is 30.0. The molecule has 1 aliphatic heterocycles. The summed E-state index contributed by atoms with van der Waals surface area (Å²) in [5.74, 6) is 1.17. The van der Waals surface area contributed by atoms with Crippen molar-refractivity contribution in [2.24, 2.45) is 0 Å². The number of aryl methyl sites for hydroxylation is 1. The second-order valence-electron chi connectivity index (χ2n) is 5.94. The number of carbonyl (C=O) groups excluding carboxylic acids is 1. The highest BCUT2D eigenvalue weighted by Crippen LogP contribution is 2.32. The molecule has 0 aliphatic carbocycles. The van der Waals surface area contributed by atoms with Crippen LogP contribution in [0.5, 0.6) is 11.5 Å². The van der Waals surface area contributed by atoms with Gasteiger partial charge in [0.2, 0.25) is 5.91 Å². The number of hydrogen-bond acceptors (Lipinski definition) is 7. The topological polar surface area (TPSA) is 117 Å². The van der Waals surface area contributed by atoms with Gasteiger partial charge in [0.15, 0.2) is 11.5 Å². The number of benzene rings is 1. The van der Waals surface area contributed by atoms with Gasteiger partial charge in [0, 0.05) is 5.69 Å². The van der Waals surface area contributed by atoms with E-state index in [0.29, 0.717) is 30.4 Å². The standard InChI is InChI=1S/C18H18N4O4S/c1-10(12-3-4-14-15(7-12)26-6-5-25-14)20-16(23)9-27-17-13(8-19)11(2)21-18(24)22-17/h3-4,7,10H,5-6,9H2,1-2H3,(H,20,23)(H,21,22,24)/t10-/m1/s1. The summed E-state index contributed by atoms with van der Waals surface area (Å²) in [5.41, 5.74) is 1.05. The second-order valence-corrected chi connectivity index (χ2v) is 6.90. The van der Waals surface area contributed by atoms with Crippen molar-refractivity contribution in [2.45, 2.75) is 24.9 Å². The molecule has 0 fully saturated rings. The molecule has 2 aromatic rings. The Morgan fingerprint density at radius 1 is 1.41 bits per heavy atom. The molecule has 0 radical (unpaired) electrons. The highest BCUT2D eigenvalue weighted by molar-refractivity contribution is 8.00. The molecule has 27 heavy (non-hydrogen) atoms. The molecule has 2 N–H and O–H groups in total. The lowest BCUT2D eigenvalue weighted by Gasteiger charge is -2.21. The van der Waals surface area contributed by atoms with E-state index < -0.39 is 5.69 Å². The summed E-state index contributed by atoms with van der Waals surface area (Å²) >= 11 is 1.06. The van der Waals surface area contributed by atoms with Crippen LogP contribution in [0.2, 0.25) is 0 Å². The van der Waals surface area contributed by atoms with Crippen LogP contribution in [0, 0.1) is 18.3 Å². The van der Waals surface area contributed by atoms with Crippen LogP contribution in [0.3, 0.4) is 0 Å². The number of hydrogen-bond donors (Lipinski definition) is 2. The van der Waals surface area contributed by atoms with E-state index in [2.05, 4.69) is 15.3 Å². The molecule has 9 heteroatoms. The first kappa shape index (κ1) is 18.8. The monoisotopic (exact) mass is 386 g/mol. The quantitative estimate of drug-likeness (QED) is 0.593. The van der Waals surface area contributed by atoms with Crippen LogP contribution < -0.4 is 20.5 Å². The lowest BCUT2D eigenvalue weighted by Crippen LogP contribution is -2.28. The number of nitriles is 1. The molecular formula is C18H18N4O4S. The molecule has 1 atom stereocenters. The fourth-order valence-corrected chi connectivity index (χ4v) is 3.47. The van der Waals surface area contributed by atoms with E-state index in [1.54, 1.807) is 6.92 Å². The zero-order valence-electron chi connectivity index (χ0n) is 14.9. The van der Waals surface area contributed by atoms with E-state index in [-0.39, 0.29) is 28.3 Å². The van der Waals surface area contributed by atoms with Crippen molar-refractivity contribution in [3.63, 3.8) is 0 Å². The Morgan fingerprint density at radius 3 is 2.89 bits per heavy atom. The van der Waals surface area contributed by atoms with Crippen molar-refractivity contribution >= 4 is 17.7 Å². The smallest absolute Gasteiger partial charge is 0.346 e. The van der Waals surface area contributed by atoms with E-state index in [9.17, 15) is 14.9 Å². The van der Waals surface area contributed by atoms with Crippen LogP contribution in [-0.4, -0.2) is 34.8 Å².